The zero-order valence-electron chi connectivity index (χ0n) is 19.7. The highest BCUT2D eigenvalue weighted by atomic mass is 16.6. The lowest BCUT2D eigenvalue weighted by molar-refractivity contribution is -0.464. The van der Waals surface area contributed by atoms with Crippen LogP contribution in [0.5, 0.6) is 0 Å². The van der Waals surface area contributed by atoms with Gasteiger partial charge in [0.1, 0.15) is 17.3 Å². The fourth-order valence-corrected chi connectivity index (χ4v) is 8.64. The van der Waals surface area contributed by atoms with Crippen molar-refractivity contribution in [1.82, 2.24) is 15.0 Å². The summed E-state index contributed by atoms with van der Waals surface area (Å²) in [6.45, 7) is 11.1. The van der Waals surface area contributed by atoms with E-state index in [1.54, 1.807) is 24.0 Å². The predicted molar refractivity (Wildman–Crippen MR) is 116 cm³/mol. The van der Waals surface area contributed by atoms with E-state index in [0.29, 0.717) is 24.8 Å². The molecule has 182 valence electrons. The zero-order valence-corrected chi connectivity index (χ0v) is 19.7. The molecular formula is C24H35N3O6. The standard InChI is InChI=1S/C24H35N3O6/c1-12(2)14-6-7-16-22-11-33-24(32,23(16,13(3)28)18(14)29)20(31)17(22)21(4,5)10-15(19(22)30)27-9-8-25-26-27/h8-9,14-20,29-32H,1,6-7,10-11H2,2-5H3/t14-,15-,16-,17+,18+,19+,20-,22-,23+,24-/m0/s1. The molecule has 9 nitrogen and oxygen atoms in total. The Kier molecular flexibility index (Phi) is 4.86. The molecule has 4 N–H and O–H groups in total. The van der Waals surface area contributed by atoms with Crippen LogP contribution in [0, 0.1) is 34.0 Å². The van der Waals surface area contributed by atoms with Gasteiger partial charge >= 0.3 is 0 Å². The third-order valence-electron chi connectivity index (χ3n) is 9.73. The fraction of sp³-hybridized carbons (Fsp3) is 0.792. The lowest BCUT2D eigenvalue weighted by Gasteiger charge is -2.76. The Morgan fingerprint density at radius 3 is 2.42 bits per heavy atom. The molecule has 3 saturated carbocycles. The molecule has 9 heteroatoms. The van der Waals surface area contributed by atoms with Crippen LogP contribution < -0.4 is 0 Å². The van der Waals surface area contributed by atoms with E-state index in [1.807, 2.05) is 13.8 Å². The Morgan fingerprint density at radius 2 is 1.85 bits per heavy atom. The molecule has 5 fully saturated rings. The number of carbonyl (C=O) groups is 1. The van der Waals surface area contributed by atoms with E-state index in [0.717, 1.165) is 0 Å². The molecule has 1 spiro atoms. The number of Topliss-reactive ketones (excluding diaryl/α,β-unsaturated/α-hetero) is 1. The molecule has 10 atom stereocenters. The fourth-order valence-electron chi connectivity index (χ4n) is 8.64. The summed E-state index contributed by atoms with van der Waals surface area (Å²) in [5, 5.41) is 55.4. The third-order valence-corrected chi connectivity index (χ3v) is 9.73. The number of aliphatic hydroxyl groups is 4. The monoisotopic (exact) mass is 461 g/mol. The van der Waals surface area contributed by atoms with Crippen LogP contribution in [-0.4, -0.2) is 71.9 Å². The number of fused-ring (bicyclic) bond motifs is 1. The van der Waals surface area contributed by atoms with Gasteiger partial charge in [0.25, 0.3) is 0 Å². The van der Waals surface area contributed by atoms with Crippen molar-refractivity contribution >= 4 is 5.78 Å². The molecule has 0 unspecified atom stereocenters. The molecule has 5 aliphatic rings. The van der Waals surface area contributed by atoms with Crippen molar-refractivity contribution in [1.29, 1.82) is 0 Å². The van der Waals surface area contributed by atoms with Crippen LogP contribution in [0.3, 0.4) is 0 Å². The van der Waals surface area contributed by atoms with Gasteiger partial charge in [-0.05, 0) is 44.4 Å². The largest absolute Gasteiger partial charge is 0.391 e. The molecule has 33 heavy (non-hydrogen) atoms. The summed E-state index contributed by atoms with van der Waals surface area (Å²) in [4.78, 5) is 13.5. The van der Waals surface area contributed by atoms with Crippen molar-refractivity contribution in [3.63, 3.8) is 0 Å². The molecular weight excluding hydrogens is 426 g/mol. The first-order chi connectivity index (χ1) is 15.4. The summed E-state index contributed by atoms with van der Waals surface area (Å²) in [6, 6.07) is -0.459. The molecule has 2 bridgehead atoms. The van der Waals surface area contributed by atoms with Gasteiger partial charge in [-0.3, -0.25) is 4.79 Å². The van der Waals surface area contributed by atoms with Crippen LogP contribution in [0.25, 0.3) is 0 Å². The van der Waals surface area contributed by atoms with Crippen molar-refractivity contribution in [2.75, 3.05) is 6.61 Å². The van der Waals surface area contributed by atoms with E-state index in [-0.39, 0.29) is 6.61 Å². The topological polar surface area (TPSA) is 138 Å². The smallest absolute Gasteiger partial charge is 0.208 e. The molecule has 2 saturated heterocycles. The molecule has 1 aromatic heterocycles. The van der Waals surface area contributed by atoms with Crippen molar-refractivity contribution < 1.29 is 30.0 Å². The van der Waals surface area contributed by atoms with Crippen molar-refractivity contribution in [3.05, 3.63) is 24.5 Å². The number of hydrogen-bond donors (Lipinski definition) is 4. The molecule has 1 aromatic rings. The van der Waals surface area contributed by atoms with E-state index >= 15 is 0 Å². The Hall–Kier alpha value is -1.65. The summed E-state index contributed by atoms with van der Waals surface area (Å²) in [5.74, 6) is -4.29. The van der Waals surface area contributed by atoms with Gasteiger partial charge in [-0.2, -0.15) is 0 Å². The minimum absolute atomic E-state index is 0.0226. The summed E-state index contributed by atoms with van der Waals surface area (Å²) >= 11 is 0. The third kappa shape index (κ3) is 2.47. The van der Waals surface area contributed by atoms with Gasteiger partial charge in [0.2, 0.25) is 5.79 Å². The quantitative estimate of drug-likeness (QED) is 0.486. The van der Waals surface area contributed by atoms with Crippen LogP contribution in [0.1, 0.15) is 53.0 Å². The van der Waals surface area contributed by atoms with Crippen molar-refractivity contribution in [2.24, 2.45) is 34.0 Å². The summed E-state index contributed by atoms with van der Waals surface area (Å²) in [5.41, 5.74) is -2.69. The number of aromatic nitrogens is 3. The average Bonchev–Trinajstić information content (AvgIpc) is 3.26. The Labute approximate surface area is 193 Å². The maximum Gasteiger partial charge on any atom is 0.208 e. The highest BCUT2D eigenvalue weighted by molar-refractivity contribution is 5.86. The van der Waals surface area contributed by atoms with Gasteiger partial charge in [-0.15, -0.1) is 5.10 Å². The van der Waals surface area contributed by atoms with Gasteiger partial charge in [0.15, 0.2) is 0 Å². The minimum Gasteiger partial charge on any atom is -0.391 e. The second kappa shape index (κ2) is 6.95. The van der Waals surface area contributed by atoms with Gasteiger partial charge in [0.05, 0.1) is 31.1 Å². The Morgan fingerprint density at radius 1 is 1.15 bits per heavy atom. The lowest BCUT2D eigenvalue weighted by atomic mass is 9.33. The van der Waals surface area contributed by atoms with Crippen molar-refractivity contribution in [3.8, 4) is 0 Å². The molecule has 3 heterocycles. The first-order valence-electron chi connectivity index (χ1n) is 11.8. The van der Waals surface area contributed by atoms with E-state index in [1.165, 1.54) is 6.92 Å². The predicted octanol–water partition coefficient (Wildman–Crippen LogP) is 0.844. The molecule has 2 aliphatic heterocycles. The second-order valence-corrected chi connectivity index (χ2v) is 11.6. The SMILES string of the molecule is C=C(C)[C@@H]1CC[C@H]2[C@@]34CO[C@@](O)([C@@H](O)[C@@H]3C(C)(C)C[C@H](n3ccnn3)[C@H]4O)[C@@]2(C(C)=O)[C@@H]1O. The van der Waals surface area contributed by atoms with Crippen LogP contribution in [-0.2, 0) is 9.53 Å². The molecule has 0 amide bonds. The number of aliphatic hydroxyl groups excluding tert-OH is 3. The summed E-state index contributed by atoms with van der Waals surface area (Å²) in [6.07, 6.45) is 1.00. The molecule has 0 radical (unpaired) electrons. The van der Waals surface area contributed by atoms with E-state index in [4.69, 9.17) is 4.74 Å². The van der Waals surface area contributed by atoms with E-state index in [9.17, 15) is 25.2 Å². The van der Waals surface area contributed by atoms with E-state index < -0.39 is 69.9 Å². The zero-order chi connectivity index (χ0) is 24.1. The van der Waals surface area contributed by atoms with Gasteiger partial charge in [-0.25, -0.2) is 4.68 Å². The summed E-state index contributed by atoms with van der Waals surface area (Å²) in [7, 11) is 0. The first-order valence-corrected chi connectivity index (χ1v) is 11.8. The number of carbonyl (C=O) groups excluding carboxylic acids is 1. The highest BCUT2D eigenvalue weighted by Crippen LogP contribution is 2.75. The molecule has 6 rings (SSSR count). The lowest BCUT2D eigenvalue weighted by Crippen LogP contribution is -2.87. The molecule has 3 aliphatic carbocycles. The second-order valence-electron chi connectivity index (χ2n) is 11.6. The number of hydrogen-bond acceptors (Lipinski definition) is 8. The number of ketones is 1. The maximum absolute atomic E-state index is 13.5. The molecule has 0 aromatic carbocycles. The Balaban J connectivity index is 1.76. The minimum atomic E-state index is -2.26. The number of rotatable bonds is 3. The highest BCUT2D eigenvalue weighted by Gasteiger charge is 2.85. The van der Waals surface area contributed by atoms with Gasteiger partial charge in [0, 0.05) is 23.4 Å². The Bertz CT molecular complexity index is 981. The van der Waals surface area contributed by atoms with Gasteiger partial charge in [-0.1, -0.05) is 31.2 Å². The van der Waals surface area contributed by atoms with Crippen LogP contribution in [0.4, 0.5) is 0 Å². The maximum atomic E-state index is 13.5. The first kappa shape index (κ1) is 23.1. The average molecular weight is 462 g/mol. The van der Waals surface area contributed by atoms with E-state index in [2.05, 4.69) is 16.9 Å². The summed E-state index contributed by atoms with van der Waals surface area (Å²) < 4.78 is 7.62. The van der Waals surface area contributed by atoms with Crippen LogP contribution in [0.15, 0.2) is 24.5 Å². The normalized spacial score (nSPS) is 50.4. The van der Waals surface area contributed by atoms with Crippen LogP contribution in [0.2, 0.25) is 0 Å². The number of ether oxygens (including phenoxy) is 1. The van der Waals surface area contributed by atoms with Crippen LogP contribution >= 0.6 is 0 Å². The number of nitrogens with zero attached hydrogens (tertiary/aromatic N) is 3. The van der Waals surface area contributed by atoms with Crippen molar-refractivity contribution in [2.45, 2.75) is 77.1 Å². The van der Waals surface area contributed by atoms with Gasteiger partial charge < -0.3 is 25.2 Å².